The van der Waals surface area contributed by atoms with E-state index in [4.69, 9.17) is 27.9 Å². The van der Waals surface area contributed by atoms with Crippen molar-refractivity contribution in [2.75, 3.05) is 12.4 Å². The van der Waals surface area contributed by atoms with Gasteiger partial charge in [-0.25, -0.2) is 0 Å². The van der Waals surface area contributed by atoms with Crippen LogP contribution in [0.2, 0.25) is 10.0 Å². The van der Waals surface area contributed by atoms with Crippen molar-refractivity contribution in [3.05, 3.63) is 32.3 Å². The number of nitro groups is 1. The minimum atomic E-state index is -0.573. The Bertz CT molecular complexity index is 386. The molecular formula is C8H7Cl2NO3S. The molecule has 0 N–H and O–H groups in total. The molecule has 82 valence electrons. The minimum Gasteiger partial charge on any atom is -0.486 e. The lowest BCUT2D eigenvalue weighted by molar-refractivity contribution is -0.385. The van der Waals surface area contributed by atoms with Gasteiger partial charge in [0.1, 0.15) is 0 Å². The molecule has 0 aromatic heterocycles. The van der Waals surface area contributed by atoms with Crippen LogP contribution < -0.4 is 4.74 Å². The van der Waals surface area contributed by atoms with Crippen LogP contribution in [0, 0.1) is 10.1 Å². The maximum absolute atomic E-state index is 10.7. The first-order valence-corrected chi connectivity index (χ1v) is 5.32. The highest BCUT2D eigenvalue weighted by Gasteiger charge is 2.17. The van der Waals surface area contributed by atoms with E-state index in [1.807, 2.05) is 0 Å². The van der Waals surface area contributed by atoms with E-state index in [2.05, 4.69) is 12.6 Å². The summed E-state index contributed by atoms with van der Waals surface area (Å²) in [5, 5.41) is 11.0. The first-order chi connectivity index (χ1) is 7.06. The first-order valence-electron chi connectivity index (χ1n) is 3.93. The summed E-state index contributed by atoms with van der Waals surface area (Å²) < 4.78 is 5.12. The molecule has 0 aliphatic rings. The van der Waals surface area contributed by atoms with Gasteiger partial charge in [0.2, 0.25) is 0 Å². The zero-order valence-corrected chi connectivity index (χ0v) is 9.85. The third-order valence-electron chi connectivity index (χ3n) is 1.55. The molecule has 0 amide bonds. The molecule has 1 aromatic rings. The zero-order valence-electron chi connectivity index (χ0n) is 7.44. The molecule has 7 heteroatoms. The summed E-state index contributed by atoms with van der Waals surface area (Å²) in [5.41, 5.74) is -0.203. The standard InChI is InChI=1S/C8H7Cl2NO3S/c9-5-3-7(11(12)13)8(4-6(5)10)14-1-2-15/h3-4,15H,1-2H2. The monoisotopic (exact) mass is 267 g/mol. The second-order valence-corrected chi connectivity index (χ2v) is 3.82. The summed E-state index contributed by atoms with van der Waals surface area (Å²) in [7, 11) is 0. The molecular weight excluding hydrogens is 261 g/mol. The molecule has 0 bridgehead atoms. The van der Waals surface area contributed by atoms with Gasteiger partial charge < -0.3 is 4.74 Å². The van der Waals surface area contributed by atoms with E-state index in [0.717, 1.165) is 6.07 Å². The van der Waals surface area contributed by atoms with Crippen LogP contribution in [0.4, 0.5) is 5.69 Å². The van der Waals surface area contributed by atoms with Gasteiger partial charge >= 0.3 is 5.69 Å². The number of benzene rings is 1. The maximum Gasteiger partial charge on any atom is 0.312 e. The number of nitro benzene ring substituents is 1. The fourth-order valence-electron chi connectivity index (χ4n) is 0.932. The van der Waals surface area contributed by atoms with Gasteiger partial charge in [-0.3, -0.25) is 10.1 Å². The van der Waals surface area contributed by atoms with E-state index in [-0.39, 0.29) is 28.1 Å². The fraction of sp³-hybridized carbons (Fsp3) is 0.250. The van der Waals surface area contributed by atoms with Crippen LogP contribution >= 0.6 is 35.8 Å². The Hall–Kier alpha value is -0.650. The third kappa shape index (κ3) is 3.15. The van der Waals surface area contributed by atoms with Crippen molar-refractivity contribution in [1.82, 2.24) is 0 Å². The van der Waals surface area contributed by atoms with Gasteiger partial charge in [0.25, 0.3) is 0 Å². The number of hydrogen-bond acceptors (Lipinski definition) is 4. The summed E-state index contributed by atoms with van der Waals surface area (Å²) >= 11 is 15.3. The number of hydrogen-bond donors (Lipinski definition) is 1. The Kier molecular flexibility index (Phi) is 4.50. The number of thiol groups is 1. The molecule has 0 unspecified atom stereocenters. The molecule has 4 nitrogen and oxygen atoms in total. The Morgan fingerprint density at radius 2 is 2.00 bits per heavy atom. The molecule has 0 fully saturated rings. The molecule has 15 heavy (non-hydrogen) atoms. The largest absolute Gasteiger partial charge is 0.486 e. The number of halogens is 2. The third-order valence-corrected chi connectivity index (χ3v) is 2.45. The van der Waals surface area contributed by atoms with Crippen molar-refractivity contribution in [3.8, 4) is 5.75 Å². The van der Waals surface area contributed by atoms with Crippen molar-refractivity contribution < 1.29 is 9.66 Å². The highest BCUT2D eigenvalue weighted by atomic mass is 35.5. The lowest BCUT2D eigenvalue weighted by Crippen LogP contribution is -2.01. The lowest BCUT2D eigenvalue weighted by atomic mass is 10.3. The second kappa shape index (κ2) is 5.44. The van der Waals surface area contributed by atoms with Gasteiger partial charge in [-0.15, -0.1) is 0 Å². The van der Waals surface area contributed by atoms with Crippen LogP contribution in [-0.2, 0) is 0 Å². The van der Waals surface area contributed by atoms with Gasteiger partial charge in [0.15, 0.2) is 5.75 Å². The molecule has 0 saturated carbocycles. The van der Waals surface area contributed by atoms with E-state index in [1.54, 1.807) is 0 Å². The van der Waals surface area contributed by atoms with E-state index in [9.17, 15) is 10.1 Å². The first kappa shape index (κ1) is 12.4. The van der Waals surface area contributed by atoms with Crippen LogP contribution in [0.1, 0.15) is 0 Å². The van der Waals surface area contributed by atoms with Crippen LogP contribution in [0.25, 0.3) is 0 Å². The average Bonchev–Trinajstić information content (AvgIpc) is 2.19. The Balaban J connectivity index is 3.10. The summed E-state index contributed by atoms with van der Waals surface area (Å²) in [6, 6.07) is 2.49. The van der Waals surface area contributed by atoms with Crippen LogP contribution in [-0.4, -0.2) is 17.3 Å². The minimum absolute atomic E-state index is 0.100. The predicted octanol–water partition coefficient (Wildman–Crippen LogP) is 3.21. The van der Waals surface area contributed by atoms with Crippen LogP contribution in [0.5, 0.6) is 5.75 Å². The number of rotatable bonds is 4. The molecule has 0 heterocycles. The maximum atomic E-state index is 10.7. The van der Waals surface area contributed by atoms with Gasteiger partial charge in [-0.2, -0.15) is 12.6 Å². The average molecular weight is 268 g/mol. The molecule has 0 aliphatic carbocycles. The van der Waals surface area contributed by atoms with Crippen molar-refractivity contribution in [2.24, 2.45) is 0 Å². The van der Waals surface area contributed by atoms with Crippen molar-refractivity contribution >= 4 is 41.5 Å². The predicted molar refractivity (Wildman–Crippen MR) is 62.5 cm³/mol. The van der Waals surface area contributed by atoms with Crippen molar-refractivity contribution in [2.45, 2.75) is 0 Å². The van der Waals surface area contributed by atoms with Crippen molar-refractivity contribution in [3.63, 3.8) is 0 Å². The SMILES string of the molecule is O=[N+]([O-])c1cc(Cl)c(Cl)cc1OCCS. The molecule has 0 atom stereocenters. The summed E-state index contributed by atoms with van der Waals surface area (Å²) in [4.78, 5) is 10.1. The molecule has 0 saturated heterocycles. The summed E-state index contributed by atoms with van der Waals surface area (Å²) in [6.45, 7) is 0.266. The Labute approximate surface area is 102 Å². The fourth-order valence-corrected chi connectivity index (χ4v) is 1.33. The molecule has 0 aliphatic heterocycles. The molecule has 1 rings (SSSR count). The van der Waals surface area contributed by atoms with E-state index < -0.39 is 4.92 Å². The van der Waals surface area contributed by atoms with Gasteiger partial charge in [-0.1, -0.05) is 23.2 Å². The normalized spacial score (nSPS) is 10.1. The Morgan fingerprint density at radius 1 is 1.40 bits per heavy atom. The van der Waals surface area contributed by atoms with Gasteiger partial charge in [0, 0.05) is 17.9 Å². The lowest BCUT2D eigenvalue weighted by Gasteiger charge is -2.06. The topological polar surface area (TPSA) is 52.4 Å². The second-order valence-electron chi connectivity index (χ2n) is 2.56. The van der Waals surface area contributed by atoms with E-state index in [1.165, 1.54) is 6.07 Å². The molecule has 0 spiro atoms. The van der Waals surface area contributed by atoms with Gasteiger partial charge in [-0.05, 0) is 0 Å². The van der Waals surface area contributed by atoms with Crippen LogP contribution in [0.15, 0.2) is 12.1 Å². The van der Waals surface area contributed by atoms with E-state index in [0.29, 0.717) is 5.75 Å². The quantitative estimate of drug-likeness (QED) is 0.518. The zero-order chi connectivity index (χ0) is 11.4. The number of ether oxygens (including phenoxy) is 1. The summed E-state index contributed by atoms with van der Waals surface area (Å²) in [6.07, 6.45) is 0. The highest BCUT2D eigenvalue weighted by Crippen LogP contribution is 2.35. The Morgan fingerprint density at radius 3 is 2.53 bits per heavy atom. The van der Waals surface area contributed by atoms with Crippen LogP contribution in [0.3, 0.4) is 0 Å². The van der Waals surface area contributed by atoms with Crippen molar-refractivity contribution in [1.29, 1.82) is 0 Å². The van der Waals surface area contributed by atoms with E-state index >= 15 is 0 Å². The summed E-state index contributed by atoms with van der Waals surface area (Å²) in [5.74, 6) is 0.556. The smallest absolute Gasteiger partial charge is 0.312 e. The number of nitrogens with zero attached hydrogens (tertiary/aromatic N) is 1. The molecule has 0 radical (unpaired) electrons. The molecule has 1 aromatic carbocycles. The highest BCUT2D eigenvalue weighted by molar-refractivity contribution is 7.80. The van der Waals surface area contributed by atoms with Gasteiger partial charge in [0.05, 0.1) is 21.6 Å².